The Morgan fingerprint density at radius 2 is 1.13 bits per heavy atom. The van der Waals surface area contributed by atoms with E-state index in [1.165, 1.54) is 5.38 Å². The van der Waals surface area contributed by atoms with E-state index in [-0.39, 0.29) is 10.7 Å². The molecule has 0 aliphatic carbocycles. The number of hydrogen-bond acceptors (Lipinski definition) is 6. The van der Waals surface area contributed by atoms with Crippen molar-refractivity contribution in [3.63, 3.8) is 0 Å². The molecule has 0 atom stereocenters. The van der Waals surface area contributed by atoms with Gasteiger partial charge in [-0.25, -0.2) is 9.78 Å². The SMILES string of the molecule is O=C(O)c1csc(C(Oc2ccccc2)(Oc2ccccc2)Oc2ccccc2)n1. The topological polar surface area (TPSA) is 77.9 Å². The average Bonchev–Trinajstić information content (AvgIpc) is 3.27. The molecule has 1 aromatic heterocycles. The van der Waals surface area contributed by atoms with Gasteiger partial charge in [-0.2, -0.15) is 0 Å². The highest BCUT2D eigenvalue weighted by Gasteiger charge is 2.45. The van der Waals surface area contributed by atoms with Crippen molar-refractivity contribution in [3.05, 3.63) is 107 Å². The van der Waals surface area contributed by atoms with Crippen molar-refractivity contribution in [2.75, 3.05) is 0 Å². The molecule has 7 heteroatoms. The summed E-state index contributed by atoms with van der Waals surface area (Å²) >= 11 is 1.08. The number of para-hydroxylation sites is 3. The van der Waals surface area contributed by atoms with Crippen LogP contribution in [0.3, 0.4) is 0 Å². The predicted molar refractivity (Wildman–Crippen MR) is 112 cm³/mol. The lowest BCUT2D eigenvalue weighted by atomic mass is 10.3. The van der Waals surface area contributed by atoms with Crippen LogP contribution >= 0.6 is 11.3 Å². The Kier molecular flexibility index (Phi) is 5.63. The third-order valence-electron chi connectivity index (χ3n) is 3.97. The monoisotopic (exact) mass is 419 g/mol. The van der Waals surface area contributed by atoms with Gasteiger partial charge in [0, 0.05) is 5.38 Å². The molecule has 0 fully saturated rings. The zero-order chi connectivity index (χ0) is 20.8. The van der Waals surface area contributed by atoms with E-state index >= 15 is 0 Å². The molecular formula is C23H17NO5S. The molecule has 0 aliphatic heterocycles. The first-order valence-electron chi connectivity index (χ1n) is 9.06. The molecule has 0 saturated heterocycles. The van der Waals surface area contributed by atoms with E-state index in [1.807, 2.05) is 54.6 Å². The quantitative estimate of drug-likeness (QED) is 0.396. The lowest BCUT2D eigenvalue weighted by molar-refractivity contribution is -0.263. The van der Waals surface area contributed by atoms with Gasteiger partial charge >= 0.3 is 11.9 Å². The normalized spacial score (nSPS) is 10.9. The molecule has 4 aromatic rings. The van der Waals surface area contributed by atoms with Crippen LogP contribution in [-0.4, -0.2) is 16.1 Å². The van der Waals surface area contributed by atoms with Gasteiger partial charge in [-0.05, 0) is 36.4 Å². The first kappa shape index (κ1) is 19.5. The Hall–Kier alpha value is -3.84. The lowest BCUT2D eigenvalue weighted by Crippen LogP contribution is -2.45. The van der Waals surface area contributed by atoms with Crippen molar-refractivity contribution in [1.82, 2.24) is 4.98 Å². The van der Waals surface area contributed by atoms with Crippen molar-refractivity contribution in [3.8, 4) is 17.2 Å². The number of carboxylic acids is 1. The Labute approximate surface area is 176 Å². The Balaban J connectivity index is 1.84. The second-order valence-corrected chi connectivity index (χ2v) is 7.00. The van der Waals surface area contributed by atoms with E-state index < -0.39 is 11.9 Å². The van der Waals surface area contributed by atoms with E-state index in [0.29, 0.717) is 17.2 Å². The zero-order valence-corrected chi connectivity index (χ0v) is 16.5. The van der Waals surface area contributed by atoms with Gasteiger partial charge in [-0.1, -0.05) is 54.6 Å². The second-order valence-electron chi connectivity index (χ2n) is 6.14. The van der Waals surface area contributed by atoms with Crippen molar-refractivity contribution >= 4 is 17.3 Å². The molecule has 1 heterocycles. The maximum atomic E-state index is 11.4. The third kappa shape index (κ3) is 4.42. The van der Waals surface area contributed by atoms with Gasteiger partial charge in [0.05, 0.1) is 0 Å². The van der Waals surface area contributed by atoms with Crippen LogP contribution in [0.5, 0.6) is 17.2 Å². The Morgan fingerprint density at radius 1 is 0.733 bits per heavy atom. The fourth-order valence-corrected chi connectivity index (χ4v) is 3.43. The van der Waals surface area contributed by atoms with Crippen molar-refractivity contribution in [2.24, 2.45) is 0 Å². The highest BCUT2D eigenvalue weighted by molar-refractivity contribution is 7.10. The van der Waals surface area contributed by atoms with Crippen LogP contribution in [0.25, 0.3) is 0 Å². The van der Waals surface area contributed by atoms with Crippen LogP contribution < -0.4 is 14.2 Å². The number of aromatic carboxylic acids is 1. The van der Waals surface area contributed by atoms with E-state index in [0.717, 1.165) is 11.3 Å². The number of thiazole rings is 1. The fraction of sp³-hybridized carbons (Fsp3) is 0.0435. The molecule has 30 heavy (non-hydrogen) atoms. The minimum absolute atomic E-state index is 0.121. The first-order chi connectivity index (χ1) is 14.6. The van der Waals surface area contributed by atoms with Gasteiger partial charge in [0.2, 0.25) is 5.01 Å². The molecule has 6 nitrogen and oxygen atoms in total. The number of rotatable bonds is 8. The summed E-state index contributed by atoms with van der Waals surface area (Å²) in [6.07, 6.45) is 0. The van der Waals surface area contributed by atoms with Crippen LogP contribution in [0, 0.1) is 0 Å². The highest BCUT2D eigenvalue weighted by Crippen LogP contribution is 2.36. The minimum atomic E-state index is -1.84. The van der Waals surface area contributed by atoms with Crippen LogP contribution in [0.2, 0.25) is 0 Å². The summed E-state index contributed by atoms with van der Waals surface area (Å²) in [7, 11) is 0. The van der Waals surface area contributed by atoms with E-state index in [9.17, 15) is 9.90 Å². The molecule has 0 bridgehead atoms. The zero-order valence-electron chi connectivity index (χ0n) is 15.7. The molecular weight excluding hydrogens is 402 g/mol. The number of carbonyl (C=O) groups is 1. The summed E-state index contributed by atoms with van der Waals surface area (Å²) in [5.41, 5.74) is -0.121. The van der Waals surface area contributed by atoms with Gasteiger partial charge in [-0.15, -0.1) is 11.3 Å². The molecule has 0 aliphatic rings. The highest BCUT2D eigenvalue weighted by atomic mass is 32.1. The molecule has 0 spiro atoms. The van der Waals surface area contributed by atoms with Gasteiger partial charge in [-0.3, -0.25) is 0 Å². The summed E-state index contributed by atoms with van der Waals surface area (Å²) < 4.78 is 18.6. The molecule has 0 unspecified atom stereocenters. The Bertz CT molecular complexity index is 999. The molecule has 150 valence electrons. The first-order valence-corrected chi connectivity index (χ1v) is 9.94. The summed E-state index contributed by atoms with van der Waals surface area (Å²) in [4.78, 5) is 15.7. The molecule has 0 amide bonds. The molecule has 1 N–H and O–H groups in total. The smallest absolute Gasteiger partial charge is 0.475 e. The van der Waals surface area contributed by atoms with Gasteiger partial charge in [0.25, 0.3) is 0 Å². The third-order valence-corrected chi connectivity index (χ3v) is 4.88. The number of ether oxygens (including phenoxy) is 3. The largest absolute Gasteiger partial charge is 0.476 e. The van der Waals surface area contributed by atoms with Crippen LogP contribution in [0.1, 0.15) is 15.5 Å². The van der Waals surface area contributed by atoms with Crippen molar-refractivity contribution in [1.29, 1.82) is 0 Å². The summed E-state index contributed by atoms with van der Waals surface area (Å²) in [6, 6.07) is 27.0. The van der Waals surface area contributed by atoms with Gasteiger partial charge < -0.3 is 19.3 Å². The van der Waals surface area contributed by atoms with Gasteiger partial charge in [0.15, 0.2) is 5.69 Å². The number of benzene rings is 3. The van der Waals surface area contributed by atoms with Gasteiger partial charge in [0.1, 0.15) is 17.2 Å². The number of carboxylic acid groups (broad SMARTS) is 1. The van der Waals surface area contributed by atoms with Crippen molar-refractivity contribution in [2.45, 2.75) is 5.97 Å². The summed E-state index contributed by atoms with van der Waals surface area (Å²) in [5, 5.41) is 11.0. The second kappa shape index (κ2) is 8.67. The maximum Gasteiger partial charge on any atom is 0.475 e. The number of aromatic nitrogens is 1. The van der Waals surface area contributed by atoms with E-state index in [4.69, 9.17) is 14.2 Å². The van der Waals surface area contributed by atoms with Crippen LogP contribution in [0.15, 0.2) is 96.4 Å². The maximum absolute atomic E-state index is 11.4. The number of hydrogen-bond donors (Lipinski definition) is 1. The van der Waals surface area contributed by atoms with Crippen LogP contribution in [0.4, 0.5) is 0 Å². The lowest BCUT2D eigenvalue weighted by Gasteiger charge is -2.32. The molecule has 0 radical (unpaired) electrons. The van der Waals surface area contributed by atoms with Crippen molar-refractivity contribution < 1.29 is 24.1 Å². The summed E-state index contributed by atoms with van der Waals surface area (Å²) in [6.45, 7) is 0. The average molecular weight is 419 g/mol. The van der Waals surface area contributed by atoms with Crippen LogP contribution in [-0.2, 0) is 5.97 Å². The summed E-state index contributed by atoms with van der Waals surface area (Å²) in [5.74, 6) is -1.59. The van der Waals surface area contributed by atoms with E-state index in [2.05, 4.69) is 4.98 Å². The molecule has 4 rings (SSSR count). The minimum Gasteiger partial charge on any atom is -0.476 e. The molecule has 0 saturated carbocycles. The van der Waals surface area contributed by atoms with E-state index in [1.54, 1.807) is 36.4 Å². The fourth-order valence-electron chi connectivity index (χ4n) is 2.64. The number of nitrogens with zero attached hydrogens (tertiary/aromatic N) is 1. The standard InChI is InChI=1S/C23H17NO5S/c25-21(26)20-16-30-22(24-20)23(27-17-10-4-1-5-11-17,28-18-12-6-2-7-13-18)29-19-14-8-3-9-15-19/h1-16H,(H,25,26). The molecule has 3 aromatic carbocycles. The predicted octanol–water partition coefficient (Wildman–Crippen LogP) is 5.19. The Morgan fingerprint density at radius 3 is 1.47 bits per heavy atom.